The average Bonchev–Trinajstić information content (AvgIpc) is 3.00. The lowest BCUT2D eigenvalue weighted by molar-refractivity contribution is 0.147. The van der Waals surface area contributed by atoms with Crippen LogP contribution in [0.25, 0.3) is 10.9 Å². The third-order valence-electron chi connectivity index (χ3n) is 4.27. The third-order valence-corrected chi connectivity index (χ3v) is 5.32. The summed E-state index contributed by atoms with van der Waals surface area (Å²) in [5.41, 5.74) is 2.78. The molecular weight excluding hydrogens is 278 g/mol. The van der Waals surface area contributed by atoms with Crippen LogP contribution in [-0.2, 0) is 6.54 Å². The van der Waals surface area contributed by atoms with Gasteiger partial charge in [0.05, 0.1) is 17.8 Å². The maximum Gasteiger partial charge on any atom is 0.109 e. The van der Waals surface area contributed by atoms with Gasteiger partial charge < -0.3 is 0 Å². The van der Waals surface area contributed by atoms with Gasteiger partial charge in [-0.05, 0) is 26.0 Å². The Morgan fingerprint density at radius 1 is 1.35 bits per heavy atom. The van der Waals surface area contributed by atoms with Crippen molar-refractivity contribution in [1.82, 2.24) is 14.7 Å². The summed E-state index contributed by atoms with van der Waals surface area (Å²) in [6.45, 7) is 1.04. The molecule has 0 N–H and O–H groups in total. The zero-order chi connectivity index (χ0) is 11.6. The fraction of sp³-hybridized carbons (Fsp3) is 0.462. The Labute approximate surface area is 109 Å². The molecular formula is C13H14BrN3. The van der Waals surface area contributed by atoms with Crippen LogP contribution in [0.1, 0.15) is 23.5 Å². The second-order valence-electron chi connectivity index (χ2n) is 5.23. The fourth-order valence-electron chi connectivity index (χ4n) is 2.94. The average molecular weight is 292 g/mol. The third kappa shape index (κ3) is 1.23. The van der Waals surface area contributed by atoms with Crippen LogP contribution in [-0.4, -0.2) is 27.3 Å². The maximum absolute atomic E-state index is 4.73. The van der Waals surface area contributed by atoms with E-state index in [0.29, 0.717) is 5.54 Å². The normalized spacial score (nSPS) is 26.4. The monoisotopic (exact) mass is 291 g/mol. The molecule has 1 fully saturated rings. The summed E-state index contributed by atoms with van der Waals surface area (Å²) in [5.74, 6) is 0. The van der Waals surface area contributed by atoms with E-state index in [4.69, 9.17) is 5.10 Å². The maximum atomic E-state index is 4.73. The first-order valence-corrected chi connectivity index (χ1v) is 6.95. The van der Waals surface area contributed by atoms with Crippen molar-refractivity contribution in [3.05, 3.63) is 30.0 Å². The van der Waals surface area contributed by atoms with Crippen LogP contribution >= 0.6 is 15.9 Å². The van der Waals surface area contributed by atoms with Crippen LogP contribution in [0, 0.1) is 0 Å². The van der Waals surface area contributed by atoms with Gasteiger partial charge in [-0.3, -0.25) is 9.58 Å². The Balaban J connectivity index is 1.98. The topological polar surface area (TPSA) is 21.1 Å². The Hall–Kier alpha value is -0.870. The summed E-state index contributed by atoms with van der Waals surface area (Å²) in [6, 6.07) is 8.41. The Kier molecular flexibility index (Phi) is 1.85. The van der Waals surface area contributed by atoms with E-state index < -0.39 is 0 Å². The molecule has 0 amide bonds. The summed E-state index contributed by atoms with van der Waals surface area (Å²) in [5, 5.41) is 6.01. The van der Waals surface area contributed by atoms with E-state index in [2.05, 4.69) is 56.8 Å². The second kappa shape index (κ2) is 3.12. The van der Waals surface area contributed by atoms with Crippen LogP contribution in [0.5, 0.6) is 0 Å². The largest absolute Gasteiger partial charge is 0.281 e. The van der Waals surface area contributed by atoms with E-state index >= 15 is 0 Å². The van der Waals surface area contributed by atoms with E-state index in [1.165, 1.54) is 23.9 Å². The van der Waals surface area contributed by atoms with Gasteiger partial charge >= 0.3 is 0 Å². The Bertz CT molecular complexity index is 600. The predicted octanol–water partition coefficient (Wildman–Crippen LogP) is 2.91. The molecule has 2 heterocycles. The summed E-state index contributed by atoms with van der Waals surface area (Å²) in [6.07, 6.45) is 2.59. The molecule has 4 rings (SSSR count). The van der Waals surface area contributed by atoms with Crippen molar-refractivity contribution in [3.8, 4) is 0 Å². The minimum atomic E-state index is 0.283. The highest BCUT2D eigenvalue weighted by atomic mass is 79.9. The lowest BCUT2D eigenvalue weighted by Crippen LogP contribution is -2.44. The molecule has 1 spiro atoms. The Morgan fingerprint density at radius 2 is 2.12 bits per heavy atom. The Morgan fingerprint density at radius 3 is 2.88 bits per heavy atom. The number of hydrogen-bond donors (Lipinski definition) is 0. The first kappa shape index (κ1) is 10.1. The van der Waals surface area contributed by atoms with E-state index in [1.807, 2.05) is 0 Å². The van der Waals surface area contributed by atoms with Crippen molar-refractivity contribution in [1.29, 1.82) is 0 Å². The number of nitrogens with zero attached hydrogens (tertiary/aromatic N) is 3. The van der Waals surface area contributed by atoms with Crippen molar-refractivity contribution < 1.29 is 0 Å². The number of rotatable bonds is 0. The van der Waals surface area contributed by atoms with E-state index in [9.17, 15) is 0 Å². The predicted molar refractivity (Wildman–Crippen MR) is 71.1 cm³/mol. The van der Waals surface area contributed by atoms with E-state index in [0.717, 1.165) is 12.1 Å². The lowest BCUT2D eigenvalue weighted by atomic mass is 10.1. The zero-order valence-electron chi connectivity index (χ0n) is 9.73. The first-order chi connectivity index (χ1) is 8.21. The highest BCUT2D eigenvalue weighted by molar-refractivity contribution is 9.09. The van der Waals surface area contributed by atoms with Crippen LogP contribution in [0.3, 0.4) is 0 Å². The van der Waals surface area contributed by atoms with Gasteiger partial charge in [0.1, 0.15) is 4.95 Å². The number of fused-ring (bicyclic) bond motifs is 3. The van der Waals surface area contributed by atoms with E-state index in [1.54, 1.807) is 0 Å². The first-order valence-electron chi connectivity index (χ1n) is 6.04. The molecule has 88 valence electrons. The standard InChI is InChI=1S/C13H14BrN3/c1-16-12(14)11-9-4-2-3-5-10(9)15-17(11)8-13(16)6-7-13/h2-5,12H,6-8H2,1H3. The zero-order valence-corrected chi connectivity index (χ0v) is 11.3. The highest BCUT2D eigenvalue weighted by Gasteiger charge is 2.52. The number of aromatic nitrogens is 2. The summed E-state index contributed by atoms with van der Waals surface area (Å²) in [4.78, 5) is 2.75. The summed E-state index contributed by atoms with van der Waals surface area (Å²) in [7, 11) is 2.22. The van der Waals surface area contributed by atoms with Crippen molar-refractivity contribution in [2.24, 2.45) is 0 Å². The van der Waals surface area contributed by atoms with Crippen LogP contribution in [0.4, 0.5) is 0 Å². The van der Waals surface area contributed by atoms with Gasteiger partial charge in [-0.15, -0.1) is 0 Å². The molecule has 1 saturated carbocycles. The number of benzene rings is 1. The number of likely N-dealkylation sites (N-methyl/N-ethyl adjacent to an activating group) is 1. The van der Waals surface area contributed by atoms with Gasteiger partial charge in [-0.25, -0.2) is 0 Å². The number of alkyl halides is 1. The molecule has 0 saturated heterocycles. The van der Waals surface area contributed by atoms with Crippen LogP contribution < -0.4 is 0 Å². The smallest absolute Gasteiger partial charge is 0.109 e. The van der Waals surface area contributed by atoms with Gasteiger partial charge in [0.15, 0.2) is 0 Å². The molecule has 1 aromatic heterocycles. The summed E-state index contributed by atoms with van der Waals surface area (Å²) < 4.78 is 2.21. The number of hydrogen-bond acceptors (Lipinski definition) is 2. The quantitative estimate of drug-likeness (QED) is 0.550. The van der Waals surface area contributed by atoms with Gasteiger partial charge in [-0.1, -0.05) is 34.1 Å². The van der Waals surface area contributed by atoms with Crippen molar-refractivity contribution >= 4 is 26.8 Å². The SMILES string of the molecule is CN1C(Br)c2c3ccccc3nn2CC12CC2. The molecule has 3 nitrogen and oxygen atoms in total. The minimum Gasteiger partial charge on any atom is -0.281 e. The molecule has 17 heavy (non-hydrogen) atoms. The van der Waals surface area contributed by atoms with Crippen molar-refractivity contribution in [2.75, 3.05) is 7.05 Å². The van der Waals surface area contributed by atoms with E-state index in [-0.39, 0.29) is 4.95 Å². The van der Waals surface area contributed by atoms with Crippen LogP contribution in [0.2, 0.25) is 0 Å². The minimum absolute atomic E-state index is 0.283. The van der Waals surface area contributed by atoms with Crippen molar-refractivity contribution in [2.45, 2.75) is 29.9 Å². The molecule has 2 aromatic rings. The summed E-state index contributed by atoms with van der Waals surface area (Å²) >= 11 is 3.83. The molecule has 1 aliphatic heterocycles. The molecule has 1 atom stereocenters. The van der Waals surface area contributed by atoms with Crippen LogP contribution in [0.15, 0.2) is 24.3 Å². The van der Waals surface area contributed by atoms with Gasteiger partial charge in [0.25, 0.3) is 0 Å². The molecule has 0 bridgehead atoms. The second-order valence-corrected chi connectivity index (χ2v) is 6.10. The van der Waals surface area contributed by atoms with Crippen molar-refractivity contribution in [3.63, 3.8) is 0 Å². The highest BCUT2D eigenvalue weighted by Crippen LogP contribution is 2.51. The molecule has 1 aromatic carbocycles. The van der Waals surface area contributed by atoms with Gasteiger partial charge in [0, 0.05) is 10.9 Å². The lowest BCUT2D eigenvalue weighted by Gasteiger charge is -2.37. The molecule has 2 aliphatic rings. The van der Waals surface area contributed by atoms with Gasteiger partial charge in [-0.2, -0.15) is 5.10 Å². The molecule has 1 unspecified atom stereocenters. The fourth-order valence-corrected chi connectivity index (χ4v) is 3.86. The number of halogens is 1. The molecule has 1 aliphatic carbocycles. The molecule has 4 heteroatoms. The molecule has 0 radical (unpaired) electrons. The van der Waals surface area contributed by atoms with Gasteiger partial charge in [0.2, 0.25) is 0 Å².